The Morgan fingerprint density at radius 3 is 2.53 bits per heavy atom. The standard InChI is InChI=1S/C12H10N2O/c13-11-7-14-6-10(8-15)12(11)9-4-2-1-3-5-9/h1-8H,13H2. The van der Waals surface area contributed by atoms with Crippen LogP contribution in [0, 0.1) is 0 Å². The highest BCUT2D eigenvalue weighted by Crippen LogP contribution is 2.27. The Bertz CT molecular complexity index is 480. The van der Waals surface area contributed by atoms with Gasteiger partial charge >= 0.3 is 0 Å². The summed E-state index contributed by atoms with van der Waals surface area (Å²) in [5.41, 5.74) is 8.52. The van der Waals surface area contributed by atoms with Crippen LogP contribution in [0.3, 0.4) is 0 Å². The summed E-state index contributed by atoms with van der Waals surface area (Å²) in [4.78, 5) is 14.7. The molecule has 74 valence electrons. The number of pyridine rings is 1. The van der Waals surface area contributed by atoms with Gasteiger partial charge in [0.25, 0.3) is 0 Å². The van der Waals surface area contributed by atoms with Crippen LogP contribution in [0.1, 0.15) is 10.4 Å². The fourth-order valence-corrected chi connectivity index (χ4v) is 1.52. The molecule has 0 spiro atoms. The molecule has 0 aliphatic rings. The van der Waals surface area contributed by atoms with Crippen LogP contribution < -0.4 is 5.73 Å². The average molecular weight is 198 g/mol. The van der Waals surface area contributed by atoms with Gasteiger partial charge in [0.1, 0.15) is 0 Å². The smallest absolute Gasteiger partial charge is 0.152 e. The number of rotatable bonds is 2. The number of benzene rings is 1. The number of carbonyl (C=O) groups is 1. The van der Waals surface area contributed by atoms with Gasteiger partial charge in [-0.15, -0.1) is 0 Å². The molecule has 0 unspecified atom stereocenters. The Hall–Kier alpha value is -2.16. The molecule has 2 aromatic rings. The summed E-state index contributed by atoms with van der Waals surface area (Å²) in [7, 11) is 0. The minimum Gasteiger partial charge on any atom is -0.397 e. The van der Waals surface area contributed by atoms with Gasteiger partial charge in [0.2, 0.25) is 0 Å². The quantitative estimate of drug-likeness (QED) is 0.752. The van der Waals surface area contributed by atoms with Gasteiger partial charge in [0.05, 0.1) is 11.9 Å². The van der Waals surface area contributed by atoms with Gasteiger partial charge in [-0.2, -0.15) is 0 Å². The lowest BCUT2D eigenvalue weighted by Gasteiger charge is -2.07. The van der Waals surface area contributed by atoms with Crippen molar-refractivity contribution in [3.05, 3.63) is 48.3 Å². The zero-order chi connectivity index (χ0) is 10.7. The normalized spacial score (nSPS) is 9.87. The molecule has 0 aliphatic heterocycles. The second kappa shape index (κ2) is 3.92. The monoisotopic (exact) mass is 198 g/mol. The van der Waals surface area contributed by atoms with Crippen LogP contribution in [0.25, 0.3) is 11.1 Å². The number of nitrogens with zero attached hydrogens (tertiary/aromatic N) is 1. The number of carbonyl (C=O) groups excluding carboxylic acids is 1. The van der Waals surface area contributed by atoms with E-state index in [1.54, 1.807) is 6.20 Å². The van der Waals surface area contributed by atoms with Crippen LogP contribution in [-0.2, 0) is 0 Å². The molecule has 1 heterocycles. The molecule has 0 fully saturated rings. The molecule has 0 amide bonds. The molecule has 3 nitrogen and oxygen atoms in total. The highest BCUT2D eigenvalue weighted by Gasteiger charge is 2.07. The van der Waals surface area contributed by atoms with Gasteiger partial charge in [0.15, 0.2) is 6.29 Å². The lowest BCUT2D eigenvalue weighted by molar-refractivity contribution is 0.112. The Morgan fingerprint density at radius 2 is 1.87 bits per heavy atom. The number of aromatic nitrogens is 1. The highest BCUT2D eigenvalue weighted by molar-refractivity contribution is 5.92. The lowest BCUT2D eigenvalue weighted by Crippen LogP contribution is -1.96. The summed E-state index contributed by atoms with van der Waals surface area (Å²) in [5.74, 6) is 0. The van der Waals surface area contributed by atoms with Gasteiger partial charge in [-0.1, -0.05) is 30.3 Å². The Kier molecular flexibility index (Phi) is 2.46. The van der Waals surface area contributed by atoms with Crippen molar-refractivity contribution >= 4 is 12.0 Å². The summed E-state index contributed by atoms with van der Waals surface area (Å²) in [6, 6.07) is 9.56. The molecular formula is C12H10N2O. The minimum absolute atomic E-state index is 0.515. The molecular weight excluding hydrogens is 188 g/mol. The molecule has 15 heavy (non-hydrogen) atoms. The van der Waals surface area contributed by atoms with Crippen LogP contribution in [-0.4, -0.2) is 11.3 Å². The summed E-state index contributed by atoms with van der Waals surface area (Å²) in [5, 5.41) is 0. The van der Waals surface area contributed by atoms with Gasteiger partial charge in [-0.3, -0.25) is 9.78 Å². The fourth-order valence-electron chi connectivity index (χ4n) is 1.52. The van der Waals surface area contributed by atoms with Gasteiger partial charge < -0.3 is 5.73 Å². The van der Waals surface area contributed by atoms with E-state index in [0.717, 1.165) is 17.4 Å². The van der Waals surface area contributed by atoms with E-state index in [9.17, 15) is 4.79 Å². The third-order valence-electron chi connectivity index (χ3n) is 2.19. The summed E-state index contributed by atoms with van der Waals surface area (Å²) in [6.45, 7) is 0. The van der Waals surface area contributed by atoms with Crippen molar-refractivity contribution < 1.29 is 4.79 Å². The summed E-state index contributed by atoms with van der Waals surface area (Å²) >= 11 is 0. The van der Waals surface area contributed by atoms with Crippen LogP contribution in [0.15, 0.2) is 42.7 Å². The highest BCUT2D eigenvalue weighted by atomic mass is 16.1. The van der Waals surface area contributed by atoms with E-state index in [-0.39, 0.29) is 0 Å². The van der Waals surface area contributed by atoms with Crippen molar-refractivity contribution in [2.24, 2.45) is 0 Å². The maximum absolute atomic E-state index is 10.9. The van der Waals surface area contributed by atoms with E-state index in [2.05, 4.69) is 4.98 Å². The number of nitrogen functional groups attached to an aromatic ring is 1. The van der Waals surface area contributed by atoms with E-state index in [0.29, 0.717) is 11.3 Å². The number of hydrogen-bond donors (Lipinski definition) is 1. The second-order valence-electron chi connectivity index (χ2n) is 3.18. The summed E-state index contributed by atoms with van der Waals surface area (Å²) < 4.78 is 0. The zero-order valence-corrected chi connectivity index (χ0v) is 8.05. The predicted molar refractivity (Wildman–Crippen MR) is 59.5 cm³/mol. The average Bonchev–Trinajstić information content (AvgIpc) is 2.29. The van der Waals surface area contributed by atoms with Gasteiger partial charge in [-0.25, -0.2) is 0 Å². The molecule has 1 aromatic carbocycles. The van der Waals surface area contributed by atoms with E-state index in [1.807, 2.05) is 30.3 Å². The third-order valence-corrected chi connectivity index (χ3v) is 2.19. The topological polar surface area (TPSA) is 56.0 Å². The van der Waals surface area contributed by atoms with Crippen LogP contribution in [0.5, 0.6) is 0 Å². The Balaban J connectivity index is 2.66. The maximum atomic E-state index is 10.9. The van der Waals surface area contributed by atoms with Crippen molar-refractivity contribution in [2.75, 3.05) is 5.73 Å². The predicted octanol–water partition coefficient (Wildman–Crippen LogP) is 2.14. The van der Waals surface area contributed by atoms with Crippen molar-refractivity contribution in [3.63, 3.8) is 0 Å². The molecule has 0 aliphatic carbocycles. The fraction of sp³-hybridized carbons (Fsp3) is 0. The second-order valence-corrected chi connectivity index (χ2v) is 3.18. The molecule has 0 bridgehead atoms. The van der Waals surface area contributed by atoms with Crippen LogP contribution >= 0.6 is 0 Å². The lowest BCUT2D eigenvalue weighted by atomic mass is 10.0. The van der Waals surface area contributed by atoms with Crippen molar-refractivity contribution in [3.8, 4) is 11.1 Å². The molecule has 0 radical (unpaired) electrons. The van der Waals surface area contributed by atoms with Gasteiger partial charge in [0, 0.05) is 17.3 Å². The first-order valence-electron chi connectivity index (χ1n) is 4.57. The Labute approximate surface area is 87.6 Å². The molecule has 2 rings (SSSR count). The van der Waals surface area contributed by atoms with Crippen molar-refractivity contribution in [2.45, 2.75) is 0 Å². The Morgan fingerprint density at radius 1 is 1.13 bits per heavy atom. The molecule has 2 N–H and O–H groups in total. The number of hydrogen-bond acceptors (Lipinski definition) is 3. The van der Waals surface area contributed by atoms with E-state index >= 15 is 0 Å². The van der Waals surface area contributed by atoms with Crippen molar-refractivity contribution in [1.82, 2.24) is 4.98 Å². The molecule has 0 saturated carbocycles. The zero-order valence-electron chi connectivity index (χ0n) is 8.05. The number of aldehydes is 1. The van der Waals surface area contributed by atoms with E-state index < -0.39 is 0 Å². The SMILES string of the molecule is Nc1cncc(C=O)c1-c1ccccc1. The molecule has 0 saturated heterocycles. The third kappa shape index (κ3) is 1.72. The number of anilines is 1. The first-order chi connectivity index (χ1) is 7.33. The first kappa shape index (κ1) is 9.40. The molecule has 1 aromatic heterocycles. The van der Waals surface area contributed by atoms with Crippen LogP contribution in [0.2, 0.25) is 0 Å². The van der Waals surface area contributed by atoms with E-state index in [1.165, 1.54) is 6.20 Å². The summed E-state index contributed by atoms with van der Waals surface area (Å²) in [6.07, 6.45) is 3.84. The largest absolute Gasteiger partial charge is 0.397 e. The van der Waals surface area contributed by atoms with Gasteiger partial charge in [-0.05, 0) is 5.56 Å². The van der Waals surface area contributed by atoms with Crippen LogP contribution in [0.4, 0.5) is 5.69 Å². The minimum atomic E-state index is 0.515. The maximum Gasteiger partial charge on any atom is 0.152 e. The first-order valence-corrected chi connectivity index (χ1v) is 4.57. The number of nitrogens with two attached hydrogens (primary N) is 1. The molecule has 3 heteroatoms. The van der Waals surface area contributed by atoms with Crippen molar-refractivity contribution in [1.29, 1.82) is 0 Å². The van der Waals surface area contributed by atoms with E-state index in [4.69, 9.17) is 5.73 Å². The molecule has 0 atom stereocenters.